The minimum Gasteiger partial charge on any atom is -0.347 e. The lowest BCUT2D eigenvalue weighted by Gasteiger charge is -2.14. The topological polar surface area (TPSA) is 88.5 Å². The molecule has 1 atom stereocenters. The molecule has 4 aromatic rings. The number of benzene rings is 1. The third-order valence-electron chi connectivity index (χ3n) is 4.26. The molecule has 136 valence electrons. The molecule has 0 bridgehead atoms. The summed E-state index contributed by atoms with van der Waals surface area (Å²) < 4.78 is 1.82. The lowest BCUT2D eigenvalue weighted by atomic mass is 10.1. The van der Waals surface area contributed by atoms with Gasteiger partial charge in [-0.3, -0.25) is 9.36 Å². The van der Waals surface area contributed by atoms with Crippen molar-refractivity contribution in [2.45, 2.75) is 19.9 Å². The Bertz CT molecular complexity index is 1180. The van der Waals surface area contributed by atoms with Crippen LogP contribution >= 0.6 is 11.6 Å². The lowest BCUT2D eigenvalue weighted by Crippen LogP contribution is -2.20. The maximum absolute atomic E-state index is 12.5. The highest BCUT2D eigenvalue weighted by molar-refractivity contribution is 6.31. The smallest absolute Gasteiger partial charge is 0.253 e. The van der Waals surface area contributed by atoms with E-state index in [2.05, 4.69) is 25.3 Å². The first kappa shape index (κ1) is 17.2. The van der Waals surface area contributed by atoms with E-state index < -0.39 is 0 Å². The number of hydrogen-bond acceptors (Lipinski definition) is 5. The Kier molecular flexibility index (Phi) is 4.37. The summed E-state index contributed by atoms with van der Waals surface area (Å²) >= 11 is 6.06. The number of nitrogens with one attached hydrogen (secondary N) is 2. The molecule has 2 N–H and O–H groups in total. The normalized spacial score (nSPS) is 12.3. The standard InChI is InChI=1S/C19H17ClN6O/c1-11-9-26(10-22-11)17-5-6-21-19(25-17)23-12(2)15-8-13-7-14(20)3-4-16(13)24-18(15)27/h3-10,12H,1-2H3,(H,24,27)(H,21,23,25)/t12-/m0/s1. The van der Waals surface area contributed by atoms with Crippen LogP contribution in [0.3, 0.4) is 0 Å². The van der Waals surface area contributed by atoms with Gasteiger partial charge in [0.05, 0.1) is 11.7 Å². The predicted molar refractivity (Wildman–Crippen MR) is 106 cm³/mol. The molecule has 0 radical (unpaired) electrons. The van der Waals surface area contributed by atoms with Crippen molar-refractivity contribution < 1.29 is 0 Å². The maximum atomic E-state index is 12.5. The van der Waals surface area contributed by atoms with Crippen molar-refractivity contribution in [1.29, 1.82) is 0 Å². The minimum atomic E-state index is -0.295. The number of pyridine rings is 1. The Morgan fingerprint density at radius 1 is 1.22 bits per heavy atom. The second-order valence-electron chi connectivity index (χ2n) is 6.31. The summed E-state index contributed by atoms with van der Waals surface area (Å²) in [5, 5.41) is 4.67. The van der Waals surface area contributed by atoms with Crippen LogP contribution in [0, 0.1) is 6.92 Å². The summed E-state index contributed by atoms with van der Waals surface area (Å²) in [4.78, 5) is 28.3. The van der Waals surface area contributed by atoms with E-state index in [0.29, 0.717) is 22.4 Å². The molecule has 0 saturated heterocycles. The monoisotopic (exact) mass is 380 g/mol. The molecule has 0 spiro atoms. The highest BCUT2D eigenvalue weighted by Crippen LogP contribution is 2.21. The van der Waals surface area contributed by atoms with E-state index in [1.54, 1.807) is 30.7 Å². The van der Waals surface area contributed by atoms with Crippen molar-refractivity contribution in [3.05, 3.63) is 75.7 Å². The van der Waals surface area contributed by atoms with Gasteiger partial charge in [0.15, 0.2) is 0 Å². The lowest BCUT2D eigenvalue weighted by molar-refractivity contribution is 0.838. The number of anilines is 1. The van der Waals surface area contributed by atoms with Gasteiger partial charge in [-0.25, -0.2) is 9.97 Å². The van der Waals surface area contributed by atoms with Crippen LogP contribution in [0.2, 0.25) is 5.02 Å². The zero-order valence-corrected chi connectivity index (χ0v) is 15.5. The average molecular weight is 381 g/mol. The fourth-order valence-corrected chi connectivity index (χ4v) is 3.08. The van der Waals surface area contributed by atoms with Crippen molar-refractivity contribution >= 4 is 28.5 Å². The molecule has 0 aliphatic rings. The van der Waals surface area contributed by atoms with Crippen molar-refractivity contribution in [2.75, 3.05) is 5.32 Å². The van der Waals surface area contributed by atoms with Crippen LogP contribution in [0.25, 0.3) is 16.7 Å². The molecule has 0 fully saturated rings. The highest BCUT2D eigenvalue weighted by Gasteiger charge is 2.13. The number of halogens is 1. The molecule has 1 aromatic carbocycles. The first-order valence-corrected chi connectivity index (χ1v) is 8.80. The van der Waals surface area contributed by atoms with Gasteiger partial charge in [-0.2, -0.15) is 4.98 Å². The Morgan fingerprint density at radius 3 is 2.85 bits per heavy atom. The number of hydrogen-bond donors (Lipinski definition) is 2. The van der Waals surface area contributed by atoms with Crippen LogP contribution in [-0.2, 0) is 0 Å². The molecule has 27 heavy (non-hydrogen) atoms. The largest absolute Gasteiger partial charge is 0.347 e. The molecule has 7 nitrogen and oxygen atoms in total. The van der Waals surface area contributed by atoms with Gasteiger partial charge < -0.3 is 10.3 Å². The Labute approximate surface area is 160 Å². The van der Waals surface area contributed by atoms with E-state index in [9.17, 15) is 4.79 Å². The summed E-state index contributed by atoms with van der Waals surface area (Å²) in [5.41, 5.74) is 2.07. The molecule has 0 aliphatic heterocycles. The van der Waals surface area contributed by atoms with Gasteiger partial charge in [0.1, 0.15) is 12.1 Å². The second kappa shape index (κ2) is 6.85. The SMILES string of the molecule is Cc1cn(-c2ccnc(N[C@@H](C)c3cc4cc(Cl)ccc4[nH]c3=O)n2)cn1. The first-order valence-electron chi connectivity index (χ1n) is 8.42. The summed E-state index contributed by atoms with van der Waals surface area (Å²) in [5.74, 6) is 1.12. The number of rotatable bonds is 4. The van der Waals surface area contributed by atoms with Gasteiger partial charge in [0.25, 0.3) is 5.56 Å². The van der Waals surface area contributed by atoms with Crippen molar-refractivity contribution in [3.8, 4) is 5.82 Å². The average Bonchev–Trinajstić information content (AvgIpc) is 3.08. The number of nitrogens with zero attached hydrogens (tertiary/aromatic N) is 4. The molecule has 3 heterocycles. The van der Waals surface area contributed by atoms with E-state index in [4.69, 9.17) is 11.6 Å². The minimum absolute atomic E-state index is 0.161. The highest BCUT2D eigenvalue weighted by atomic mass is 35.5. The van der Waals surface area contributed by atoms with Crippen molar-refractivity contribution in [2.24, 2.45) is 0 Å². The predicted octanol–water partition coefficient (Wildman–Crippen LogP) is 3.64. The Morgan fingerprint density at radius 2 is 2.07 bits per heavy atom. The first-order chi connectivity index (χ1) is 13.0. The molecule has 0 aliphatic carbocycles. The van der Waals surface area contributed by atoms with Gasteiger partial charge in [-0.1, -0.05) is 11.6 Å². The summed E-state index contributed by atoms with van der Waals surface area (Å²) in [6.45, 7) is 3.80. The number of aryl methyl sites for hydroxylation is 1. The van der Waals surface area contributed by atoms with Crippen LogP contribution in [-0.4, -0.2) is 24.5 Å². The molecular formula is C19H17ClN6O. The summed E-state index contributed by atoms with van der Waals surface area (Å²) in [6, 6.07) is 8.69. The van der Waals surface area contributed by atoms with E-state index >= 15 is 0 Å². The quantitative estimate of drug-likeness (QED) is 0.564. The third-order valence-corrected chi connectivity index (χ3v) is 4.50. The Balaban J connectivity index is 1.64. The molecular weight excluding hydrogens is 364 g/mol. The molecule has 0 unspecified atom stereocenters. The molecule has 0 amide bonds. The van der Waals surface area contributed by atoms with E-state index in [0.717, 1.165) is 16.6 Å². The number of aromatic nitrogens is 5. The maximum Gasteiger partial charge on any atom is 0.253 e. The van der Waals surface area contributed by atoms with Crippen LogP contribution in [0.15, 0.2) is 53.8 Å². The molecule has 4 rings (SSSR count). The van der Waals surface area contributed by atoms with E-state index in [1.807, 2.05) is 36.7 Å². The van der Waals surface area contributed by atoms with Gasteiger partial charge in [-0.05, 0) is 44.2 Å². The number of H-pyrrole nitrogens is 1. The van der Waals surface area contributed by atoms with Gasteiger partial charge >= 0.3 is 0 Å². The van der Waals surface area contributed by atoms with Crippen LogP contribution in [0.1, 0.15) is 24.2 Å². The van der Waals surface area contributed by atoms with Crippen molar-refractivity contribution in [3.63, 3.8) is 0 Å². The molecule has 3 aromatic heterocycles. The van der Waals surface area contributed by atoms with Crippen LogP contribution in [0.5, 0.6) is 0 Å². The Hall–Kier alpha value is -3.19. The second-order valence-corrected chi connectivity index (χ2v) is 6.75. The zero-order chi connectivity index (χ0) is 19.0. The number of fused-ring (bicyclic) bond motifs is 1. The molecule has 8 heteroatoms. The number of imidazole rings is 1. The van der Waals surface area contributed by atoms with Gasteiger partial charge in [-0.15, -0.1) is 0 Å². The van der Waals surface area contributed by atoms with E-state index in [-0.39, 0.29) is 11.6 Å². The summed E-state index contributed by atoms with van der Waals surface area (Å²) in [6.07, 6.45) is 5.24. The molecule has 0 saturated carbocycles. The fourth-order valence-electron chi connectivity index (χ4n) is 2.90. The van der Waals surface area contributed by atoms with Crippen LogP contribution in [0.4, 0.5) is 5.95 Å². The van der Waals surface area contributed by atoms with E-state index in [1.165, 1.54) is 0 Å². The third kappa shape index (κ3) is 3.54. The van der Waals surface area contributed by atoms with Crippen molar-refractivity contribution in [1.82, 2.24) is 24.5 Å². The van der Waals surface area contributed by atoms with Crippen LogP contribution < -0.4 is 10.9 Å². The summed E-state index contributed by atoms with van der Waals surface area (Å²) in [7, 11) is 0. The van der Waals surface area contributed by atoms with Gasteiger partial charge in [0, 0.05) is 33.9 Å². The van der Waals surface area contributed by atoms with Gasteiger partial charge in [0.2, 0.25) is 5.95 Å². The fraction of sp³-hybridized carbons (Fsp3) is 0.158. The number of aromatic amines is 1. The zero-order valence-electron chi connectivity index (χ0n) is 14.8.